The van der Waals surface area contributed by atoms with E-state index in [4.69, 9.17) is 47.0 Å². The normalized spacial score (nSPS) is 22.4. The Bertz CT molecular complexity index is 512. The third kappa shape index (κ3) is 6.68. The van der Waals surface area contributed by atoms with Crippen molar-refractivity contribution in [1.82, 2.24) is 16.0 Å². The summed E-state index contributed by atoms with van der Waals surface area (Å²) in [6.45, 7) is -1.28. The lowest BCUT2D eigenvalue weighted by Crippen LogP contribution is -2.58. The molecule has 1 saturated heterocycles. The van der Waals surface area contributed by atoms with Crippen molar-refractivity contribution in [2.24, 2.45) is 0 Å². The molecule has 1 aliphatic heterocycles. The van der Waals surface area contributed by atoms with Crippen LogP contribution < -0.4 is 16.0 Å². The van der Waals surface area contributed by atoms with E-state index in [9.17, 15) is 17.6 Å². The van der Waals surface area contributed by atoms with Gasteiger partial charge < -0.3 is 16.0 Å². The number of carbonyl (C=O) groups is 1. The highest BCUT2D eigenvalue weighted by molar-refractivity contribution is 7.91. The highest BCUT2D eigenvalue weighted by Gasteiger charge is 2.35. The van der Waals surface area contributed by atoms with Crippen LogP contribution in [0, 0.1) is 0 Å². The fraction of sp³-hybridized carbons (Fsp3) is 0.778. The van der Waals surface area contributed by atoms with Crippen LogP contribution in [0.25, 0.3) is 0 Å². The molecule has 3 N–H and O–H groups in total. The highest BCUT2D eigenvalue weighted by Crippen LogP contribution is 2.29. The van der Waals surface area contributed by atoms with Gasteiger partial charge in [0.15, 0.2) is 21.6 Å². The molecule has 1 fully saturated rings. The second kappa shape index (κ2) is 7.45. The molecule has 1 heterocycles. The average Bonchev–Trinajstić information content (AvgIpc) is 2.66. The fourth-order valence-electron chi connectivity index (χ4n) is 1.67. The molecule has 0 radical (unpaired) electrons. The summed E-state index contributed by atoms with van der Waals surface area (Å²) in [5.74, 6) is -0.964. The second-order valence-electron chi connectivity index (χ2n) is 4.39. The number of nitrogens with one attached hydrogen (secondary N) is 3. The second-order valence-corrected chi connectivity index (χ2v) is 9.40. The number of alkyl halides is 4. The van der Waals surface area contributed by atoms with Gasteiger partial charge in [0.05, 0.1) is 11.5 Å². The summed E-state index contributed by atoms with van der Waals surface area (Å²) in [6.07, 6.45) is -0.858. The van der Waals surface area contributed by atoms with Gasteiger partial charge >= 0.3 is 0 Å². The van der Waals surface area contributed by atoms with E-state index < -0.39 is 32.4 Å². The zero-order chi connectivity index (χ0) is 16.3. The lowest BCUT2D eigenvalue weighted by atomic mass is 10.3. The molecule has 0 saturated carbocycles. The van der Waals surface area contributed by atoms with Gasteiger partial charge in [-0.25, -0.2) is 12.8 Å². The van der Waals surface area contributed by atoms with Gasteiger partial charge in [0.1, 0.15) is 6.17 Å². The van der Waals surface area contributed by atoms with Crippen LogP contribution >= 0.6 is 47.0 Å². The number of rotatable bonds is 4. The number of sulfone groups is 1. The zero-order valence-corrected chi connectivity index (χ0v) is 14.4. The molecule has 0 aliphatic carbocycles. The Morgan fingerprint density at radius 1 is 1.38 bits per heavy atom. The van der Waals surface area contributed by atoms with Crippen LogP contribution in [0.5, 0.6) is 0 Å². The van der Waals surface area contributed by atoms with Gasteiger partial charge in [0, 0.05) is 6.04 Å². The number of carbonyl (C=O) groups excluding carboxylic acids is 1. The highest BCUT2D eigenvalue weighted by atomic mass is 35.6. The summed E-state index contributed by atoms with van der Waals surface area (Å²) in [7, 11) is -3.07. The van der Waals surface area contributed by atoms with Crippen LogP contribution in [0.4, 0.5) is 4.39 Å². The van der Waals surface area contributed by atoms with Crippen molar-refractivity contribution in [1.29, 1.82) is 0 Å². The molecule has 0 aromatic heterocycles. The third-order valence-corrected chi connectivity index (χ3v) is 5.26. The molecule has 12 heteroatoms. The van der Waals surface area contributed by atoms with Gasteiger partial charge in [-0.2, -0.15) is 0 Å². The minimum Gasteiger partial charge on any atom is -0.359 e. The first kappa shape index (κ1) is 19.0. The Kier molecular flexibility index (Phi) is 6.73. The Labute approximate surface area is 142 Å². The maximum atomic E-state index is 12.2. The van der Waals surface area contributed by atoms with Gasteiger partial charge in [0.2, 0.25) is 3.79 Å². The number of amides is 1. The topological polar surface area (TPSA) is 87.3 Å². The summed E-state index contributed by atoms with van der Waals surface area (Å²) >= 11 is 21.9. The molecule has 0 aromatic carbocycles. The predicted octanol–water partition coefficient (Wildman–Crippen LogP) is 0.420. The van der Waals surface area contributed by atoms with Gasteiger partial charge in [-0.1, -0.05) is 34.8 Å². The molecule has 2 atom stereocenters. The number of hydrogen-bond acceptors (Lipinski definition) is 4. The van der Waals surface area contributed by atoms with Gasteiger partial charge in [-0.05, 0) is 18.6 Å². The van der Waals surface area contributed by atoms with E-state index >= 15 is 0 Å². The van der Waals surface area contributed by atoms with E-state index in [0.29, 0.717) is 6.42 Å². The molecule has 6 nitrogen and oxygen atoms in total. The van der Waals surface area contributed by atoms with Crippen molar-refractivity contribution in [3.05, 3.63) is 0 Å². The molecular weight excluding hydrogens is 388 g/mol. The smallest absolute Gasteiger partial charge is 0.253 e. The number of halogens is 4. The first-order valence-corrected chi connectivity index (χ1v) is 9.09. The molecule has 0 unspecified atom stereocenters. The Balaban J connectivity index is 2.58. The molecule has 122 valence electrons. The Hall–Kier alpha value is -0.0900. The van der Waals surface area contributed by atoms with Gasteiger partial charge in [-0.3, -0.25) is 4.79 Å². The van der Waals surface area contributed by atoms with E-state index in [1.807, 2.05) is 0 Å². The molecule has 0 aromatic rings. The van der Waals surface area contributed by atoms with Crippen LogP contribution in [0.3, 0.4) is 0 Å². The molecule has 1 amide bonds. The van der Waals surface area contributed by atoms with Crippen LogP contribution in [0.15, 0.2) is 0 Å². The molecule has 0 bridgehead atoms. The van der Waals surface area contributed by atoms with Crippen LogP contribution in [-0.2, 0) is 14.6 Å². The van der Waals surface area contributed by atoms with Crippen molar-refractivity contribution in [3.63, 3.8) is 0 Å². The van der Waals surface area contributed by atoms with E-state index in [2.05, 4.69) is 16.0 Å². The molecule has 1 aliphatic rings. The first-order chi connectivity index (χ1) is 9.53. The SMILES string of the molecule is O=C(CF)N[C@@H](NC(=S)N[C@H]1CCS(=O)(=O)C1)C(Cl)(Cl)Cl. The number of thiocarbonyl (C=S) groups is 1. The van der Waals surface area contributed by atoms with E-state index in [-0.39, 0.29) is 22.7 Å². The molecule has 1 rings (SSSR count). The average molecular weight is 401 g/mol. The largest absolute Gasteiger partial charge is 0.359 e. The summed E-state index contributed by atoms with van der Waals surface area (Å²) in [4.78, 5) is 11.0. The Morgan fingerprint density at radius 2 is 2.00 bits per heavy atom. The molecule has 21 heavy (non-hydrogen) atoms. The zero-order valence-electron chi connectivity index (χ0n) is 10.5. The monoisotopic (exact) mass is 399 g/mol. The molecule has 0 spiro atoms. The van der Waals surface area contributed by atoms with E-state index in [1.165, 1.54) is 0 Å². The van der Waals surface area contributed by atoms with Crippen LogP contribution in [0.1, 0.15) is 6.42 Å². The maximum absolute atomic E-state index is 12.2. The third-order valence-electron chi connectivity index (χ3n) is 2.60. The summed E-state index contributed by atoms with van der Waals surface area (Å²) in [5, 5.41) is 7.36. The van der Waals surface area contributed by atoms with Crippen LogP contribution in [-0.4, -0.2) is 53.6 Å². The number of hydrogen-bond donors (Lipinski definition) is 3. The van der Waals surface area contributed by atoms with Crippen molar-refractivity contribution in [2.45, 2.75) is 22.4 Å². The maximum Gasteiger partial charge on any atom is 0.253 e. The minimum absolute atomic E-state index is 0.00687. The first-order valence-electron chi connectivity index (χ1n) is 5.73. The Morgan fingerprint density at radius 3 is 2.43 bits per heavy atom. The molecular formula is C9H13Cl3FN3O3S2. The summed E-state index contributed by atoms with van der Waals surface area (Å²) in [6, 6.07) is -0.358. The van der Waals surface area contributed by atoms with Crippen molar-refractivity contribution >= 4 is 67.9 Å². The van der Waals surface area contributed by atoms with Crippen LogP contribution in [0.2, 0.25) is 0 Å². The quantitative estimate of drug-likeness (QED) is 0.360. The summed E-state index contributed by atoms with van der Waals surface area (Å²) in [5.41, 5.74) is 0. The van der Waals surface area contributed by atoms with Gasteiger partial charge in [0.25, 0.3) is 5.91 Å². The van der Waals surface area contributed by atoms with Crippen molar-refractivity contribution in [2.75, 3.05) is 18.2 Å². The van der Waals surface area contributed by atoms with E-state index in [1.54, 1.807) is 0 Å². The fourth-order valence-corrected chi connectivity index (χ4v) is 3.95. The standard InChI is InChI=1S/C9H13Cl3FN3O3S2/c10-9(11,12)7(15-6(17)3-13)16-8(20)14-5-1-2-21(18,19)4-5/h5,7H,1-4H2,(H,15,17)(H2,14,16,20)/t5-,7-/m0/s1. The van der Waals surface area contributed by atoms with Crippen molar-refractivity contribution in [3.8, 4) is 0 Å². The van der Waals surface area contributed by atoms with E-state index in [0.717, 1.165) is 0 Å². The lowest BCUT2D eigenvalue weighted by Gasteiger charge is -2.28. The van der Waals surface area contributed by atoms with Gasteiger partial charge in [-0.15, -0.1) is 0 Å². The van der Waals surface area contributed by atoms with Crippen molar-refractivity contribution < 1.29 is 17.6 Å². The predicted molar refractivity (Wildman–Crippen MR) is 84.1 cm³/mol. The lowest BCUT2D eigenvalue weighted by molar-refractivity contribution is -0.122. The summed E-state index contributed by atoms with van der Waals surface area (Å²) < 4.78 is 32.9. The minimum atomic E-state index is -3.07.